The summed E-state index contributed by atoms with van der Waals surface area (Å²) in [5, 5.41) is 7.19. The number of hydrogen-bond acceptors (Lipinski definition) is 2. The fourth-order valence-electron chi connectivity index (χ4n) is 2.06. The van der Waals surface area contributed by atoms with Crippen molar-refractivity contribution in [3.63, 3.8) is 0 Å². The van der Waals surface area contributed by atoms with Gasteiger partial charge in [0.25, 0.3) is 5.91 Å². The molecule has 19 heavy (non-hydrogen) atoms. The van der Waals surface area contributed by atoms with E-state index in [1.165, 1.54) is 16.7 Å². The summed E-state index contributed by atoms with van der Waals surface area (Å²) in [6.45, 7) is 1.95. The summed E-state index contributed by atoms with van der Waals surface area (Å²) in [7, 11) is 0. The molecule has 3 aromatic rings. The highest BCUT2D eigenvalue weighted by Gasteiger charge is 2.10. The molecule has 0 aliphatic heterocycles. The van der Waals surface area contributed by atoms with Gasteiger partial charge in [-0.25, -0.2) is 0 Å². The number of amides is 1. The van der Waals surface area contributed by atoms with Crippen molar-refractivity contribution >= 4 is 33.7 Å². The third-order valence-corrected chi connectivity index (χ3v) is 4.09. The third-order valence-electron chi connectivity index (χ3n) is 3.08. The van der Waals surface area contributed by atoms with Crippen LogP contribution in [0.4, 0.5) is 5.69 Å². The van der Waals surface area contributed by atoms with Crippen molar-refractivity contribution in [2.24, 2.45) is 0 Å². The number of benzene rings is 2. The van der Waals surface area contributed by atoms with Crippen LogP contribution in [-0.4, -0.2) is 5.91 Å². The molecular formula is C16H13NOS. The van der Waals surface area contributed by atoms with Crippen molar-refractivity contribution in [2.75, 3.05) is 5.32 Å². The van der Waals surface area contributed by atoms with Gasteiger partial charge in [0.2, 0.25) is 0 Å². The SMILES string of the molecule is Cc1ccsc1C(=O)Nc1ccc2ccccc2c1. The fraction of sp³-hybridized carbons (Fsp3) is 0.0625. The number of carbonyl (C=O) groups excluding carboxylic acids is 1. The molecule has 1 amide bonds. The molecule has 1 aromatic heterocycles. The first-order valence-corrected chi connectivity index (χ1v) is 6.96. The molecule has 2 nitrogen and oxygen atoms in total. The van der Waals surface area contributed by atoms with Crippen LogP contribution in [0.5, 0.6) is 0 Å². The standard InChI is InChI=1S/C16H13NOS/c1-11-8-9-19-15(11)16(18)17-14-7-6-12-4-2-3-5-13(12)10-14/h2-10H,1H3,(H,17,18). The van der Waals surface area contributed by atoms with E-state index in [2.05, 4.69) is 11.4 Å². The van der Waals surface area contributed by atoms with Crippen LogP contribution in [0.1, 0.15) is 15.2 Å². The maximum Gasteiger partial charge on any atom is 0.265 e. The first-order valence-electron chi connectivity index (χ1n) is 6.08. The van der Waals surface area contributed by atoms with Gasteiger partial charge in [-0.1, -0.05) is 30.3 Å². The van der Waals surface area contributed by atoms with Crippen LogP contribution in [0.2, 0.25) is 0 Å². The second kappa shape index (κ2) is 4.86. The summed E-state index contributed by atoms with van der Waals surface area (Å²) in [6.07, 6.45) is 0. The first kappa shape index (κ1) is 11.9. The van der Waals surface area contributed by atoms with Gasteiger partial charge in [0, 0.05) is 5.69 Å². The molecule has 0 aliphatic rings. The third kappa shape index (κ3) is 2.37. The van der Waals surface area contributed by atoms with Gasteiger partial charge >= 0.3 is 0 Å². The summed E-state index contributed by atoms with van der Waals surface area (Å²) >= 11 is 1.47. The lowest BCUT2D eigenvalue weighted by Gasteiger charge is -2.06. The lowest BCUT2D eigenvalue weighted by Crippen LogP contribution is -2.11. The number of anilines is 1. The molecule has 0 saturated heterocycles. The first-order chi connectivity index (χ1) is 9.24. The van der Waals surface area contributed by atoms with Gasteiger partial charge in [-0.2, -0.15) is 0 Å². The van der Waals surface area contributed by atoms with Crippen LogP contribution < -0.4 is 5.32 Å². The number of carbonyl (C=O) groups is 1. The monoisotopic (exact) mass is 267 g/mol. The molecule has 0 saturated carbocycles. The Hall–Kier alpha value is -2.13. The molecular weight excluding hydrogens is 254 g/mol. The number of nitrogens with one attached hydrogen (secondary N) is 1. The highest BCUT2D eigenvalue weighted by molar-refractivity contribution is 7.12. The number of hydrogen-bond donors (Lipinski definition) is 1. The summed E-state index contributed by atoms with van der Waals surface area (Å²) in [5.41, 5.74) is 1.85. The van der Waals surface area contributed by atoms with Gasteiger partial charge in [-0.05, 0) is 46.8 Å². The molecule has 1 heterocycles. The maximum atomic E-state index is 12.1. The van der Waals surface area contributed by atoms with Gasteiger partial charge in [0.1, 0.15) is 0 Å². The number of rotatable bonds is 2. The van der Waals surface area contributed by atoms with Gasteiger partial charge in [0.15, 0.2) is 0 Å². The van der Waals surface area contributed by atoms with Crippen LogP contribution in [0, 0.1) is 6.92 Å². The van der Waals surface area contributed by atoms with E-state index in [1.807, 2.05) is 54.8 Å². The van der Waals surface area contributed by atoms with Crippen LogP contribution in [0.25, 0.3) is 10.8 Å². The Morgan fingerprint density at radius 1 is 1.05 bits per heavy atom. The normalized spacial score (nSPS) is 10.6. The average Bonchev–Trinajstić information content (AvgIpc) is 2.85. The van der Waals surface area contributed by atoms with Crippen molar-refractivity contribution in [1.82, 2.24) is 0 Å². The van der Waals surface area contributed by atoms with Gasteiger partial charge in [-0.15, -0.1) is 11.3 Å². The Bertz CT molecular complexity index is 745. The Morgan fingerprint density at radius 2 is 1.84 bits per heavy atom. The van der Waals surface area contributed by atoms with Crippen molar-refractivity contribution in [3.05, 3.63) is 64.4 Å². The van der Waals surface area contributed by atoms with Crippen molar-refractivity contribution < 1.29 is 4.79 Å². The Morgan fingerprint density at radius 3 is 2.58 bits per heavy atom. The summed E-state index contributed by atoms with van der Waals surface area (Å²) in [5.74, 6) is -0.0391. The molecule has 2 aromatic carbocycles. The molecule has 0 fully saturated rings. The van der Waals surface area contributed by atoms with Crippen molar-refractivity contribution in [2.45, 2.75) is 6.92 Å². The molecule has 3 rings (SSSR count). The van der Waals surface area contributed by atoms with E-state index in [-0.39, 0.29) is 5.91 Å². The van der Waals surface area contributed by atoms with E-state index in [0.717, 1.165) is 21.5 Å². The summed E-state index contributed by atoms with van der Waals surface area (Å²) < 4.78 is 0. The van der Waals surface area contributed by atoms with E-state index in [1.54, 1.807) is 0 Å². The molecule has 0 bridgehead atoms. The quantitative estimate of drug-likeness (QED) is 0.729. The van der Waals surface area contributed by atoms with E-state index < -0.39 is 0 Å². The second-order valence-corrected chi connectivity index (χ2v) is 5.36. The lowest BCUT2D eigenvalue weighted by atomic mass is 10.1. The Balaban J connectivity index is 1.89. The largest absolute Gasteiger partial charge is 0.321 e. The Kier molecular flexibility index (Phi) is 3.05. The minimum Gasteiger partial charge on any atom is -0.321 e. The highest BCUT2D eigenvalue weighted by atomic mass is 32.1. The van der Waals surface area contributed by atoms with Gasteiger partial charge in [0.05, 0.1) is 4.88 Å². The number of thiophene rings is 1. The predicted octanol–water partition coefficient (Wildman–Crippen LogP) is 4.46. The maximum absolute atomic E-state index is 12.1. The zero-order valence-corrected chi connectivity index (χ0v) is 11.3. The second-order valence-electron chi connectivity index (χ2n) is 4.45. The summed E-state index contributed by atoms with van der Waals surface area (Å²) in [4.78, 5) is 12.9. The smallest absolute Gasteiger partial charge is 0.265 e. The van der Waals surface area contributed by atoms with Gasteiger partial charge in [-0.3, -0.25) is 4.79 Å². The van der Waals surface area contributed by atoms with Crippen molar-refractivity contribution in [3.8, 4) is 0 Å². The molecule has 0 spiro atoms. The van der Waals surface area contributed by atoms with E-state index >= 15 is 0 Å². The molecule has 0 unspecified atom stereocenters. The van der Waals surface area contributed by atoms with Crippen molar-refractivity contribution in [1.29, 1.82) is 0 Å². The number of fused-ring (bicyclic) bond motifs is 1. The van der Waals surface area contributed by atoms with Crippen LogP contribution in [0.3, 0.4) is 0 Å². The van der Waals surface area contributed by atoms with Crippen LogP contribution in [-0.2, 0) is 0 Å². The minimum atomic E-state index is -0.0391. The Labute approximate surface area is 115 Å². The van der Waals surface area contributed by atoms with E-state index in [4.69, 9.17) is 0 Å². The van der Waals surface area contributed by atoms with Crippen LogP contribution in [0.15, 0.2) is 53.9 Å². The average molecular weight is 267 g/mol. The molecule has 0 radical (unpaired) electrons. The lowest BCUT2D eigenvalue weighted by molar-refractivity contribution is 0.103. The topological polar surface area (TPSA) is 29.1 Å². The predicted molar refractivity (Wildman–Crippen MR) is 81.0 cm³/mol. The minimum absolute atomic E-state index is 0.0391. The molecule has 3 heteroatoms. The molecule has 1 N–H and O–H groups in total. The zero-order valence-electron chi connectivity index (χ0n) is 10.5. The molecule has 94 valence electrons. The zero-order chi connectivity index (χ0) is 13.2. The van der Waals surface area contributed by atoms with E-state index in [0.29, 0.717) is 0 Å². The van der Waals surface area contributed by atoms with Crippen LogP contribution >= 0.6 is 11.3 Å². The molecule has 0 aliphatic carbocycles. The summed E-state index contributed by atoms with van der Waals surface area (Å²) in [6, 6.07) is 16.0. The number of aryl methyl sites for hydroxylation is 1. The van der Waals surface area contributed by atoms with E-state index in [9.17, 15) is 4.79 Å². The highest BCUT2D eigenvalue weighted by Crippen LogP contribution is 2.21. The van der Waals surface area contributed by atoms with Gasteiger partial charge < -0.3 is 5.32 Å². The molecule has 0 atom stereocenters. The fourth-order valence-corrected chi connectivity index (χ4v) is 2.88.